The fourth-order valence-electron chi connectivity index (χ4n) is 2.05. The molecule has 0 spiro atoms. The molecule has 0 heterocycles. The van der Waals surface area contributed by atoms with Gasteiger partial charge in [-0.15, -0.1) is 0 Å². The summed E-state index contributed by atoms with van der Waals surface area (Å²) in [4.78, 5) is 0.187. The lowest BCUT2D eigenvalue weighted by Gasteiger charge is -2.08. The molecule has 0 aliphatic carbocycles. The Morgan fingerprint density at radius 1 is 1.04 bits per heavy atom. The fraction of sp³-hybridized carbons (Fsp3) is 0.222. The highest BCUT2D eigenvalue weighted by Crippen LogP contribution is 2.21. The Morgan fingerprint density at radius 3 is 2.33 bits per heavy atom. The molecule has 0 saturated carbocycles. The van der Waals surface area contributed by atoms with Crippen LogP contribution in [0.2, 0.25) is 0 Å². The van der Waals surface area contributed by atoms with Gasteiger partial charge in [0.1, 0.15) is 11.5 Å². The highest BCUT2D eigenvalue weighted by Gasteiger charge is 2.14. The summed E-state index contributed by atoms with van der Waals surface area (Å²) >= 11 is 0. The zero-order valence-electron chi connectivity index (χ0n) is 13.8. The molecule has 0 bridgehead atoms. The molecular formula is C18H19NO4S. The Bertz CT molecular complexity index is 862. The van der Waals surface area contributed by atoms with Gasteiger partial charge >= 0.3 is 0 Å². The molecular weight excluding hydrogens is 326 g/mol. The summed E-state index contributed by atoms with van der Waals surface area (Å²) < 4.78 is 37.1. The Labute approximate surface area is 142 Å². The first-order valence-electron chi connectivity index (χ1n) is 7.23. The molecule has 24 heavy (non-hydrogen) atoms. The van der Waals surface area contributed by atoms with Gasteiger partial charge in [-0.2, -0.15) is 4.72 Å². The molecule has 0 radical (unpaired) electrons. The van der Waals surface area contributed by atoms with E-state index in [9.17, 15) is 8.42 Å². The van der Waals surface area contributed by atoms with Gasteiger partial charge in [-0.25, -0.2) is 8.42 Å². The molecule has 0 aromatic heterocycles. The van der Waals surface area contributed by atoms with Crippen molar-refractivity contribution >= 4 is 10.0 Å². The predicted molar refractivity (Wildman–Crippen MR) is 92.8 cm³/mol. The Balaban J connectivity index is 2.03. The second kappa shape index (κ2) is 7.86. The highest BCUT2D eigenvalue weighted by molar-refractivity contribution is 7.89. The van der Waals surface area contributed by atoms with Gasteiger partial charge in [0.2, 0.25) is 10.0 Å². The maximum absolute atomic E-state index is 12.2. The number of ether oxygens (including phenoxy) is 2. The molecule has 6 heteroatoms. The van der Waals surface area contributed by atoms with E-state index in [1.165, 1.54) is 6.07 Å². The van der Waals surface area contributed by atoms with Crippen LogP contribution in [0, 0.1) is 18.8 Å². The van der Waals surface area contributed by atoms with Crippen LogP contribution >= 0.6 is 0 Å². The van der Waals surface area contributed by atoms with Crippen molar-refractivity contribution in [3.63, 3.8) is 0 Å². The van der Waals surface area contributed by atoms with Crippen LogP contribution in [-0.2, 0) is 10.0 Å². The van der Waals surface area contributed by atoms with Gasteiger partial charge in [0.15, 0.2) is 0 Å². The van der Waals surface area contributed by atoms with Crippen molar-refractivity contribution in [2.45, 2.75) is 11.8 Å². The number of nitrogens with one attached hydrogen (secondary N) is 1. The Morgan fingerprint density at radius 2 is 1.75 bits per heavy atom. The molecule has 0 unspecified atom stereocenters. The van der Waals surface area contributed by atoms with E-state index in [1.54, 1.807) is 45.4 Å². The minimum absolute atomic E-state index is 0.0272. The molecule has 1 N–H and O–H groups in total. The van der Waals surface area contributed by atoms with Gasteiger partial charge in [0.25, 0.3) is 0 Å². The molecule has 2 aromatic rings. The summed E-state index contributed by atoms with van der Waals surface area (Å²) in [5.41, 5.74) is 1.54. The summed E-state index contributed by atoms with van der Waals surface area (Å²) in [6.45, 7) is 1.82. The number of methoxy groups -OCH3 is 2. The minimum Gasteiger partial charge on any atom is -0.497 e. The number of hydrogen-bond acceptors (Lipinski definition) is 4. The first kappa shape index (κ1) is 17.9. The summed E-state index contributed by atoms with van der Waals surface area (Å²) in [6.07, 6.45) is 0. The first-order chi connectivity index (χ1) is 11.5. The van der Waals surface area contributed by atoms with E-state index in [2.05, 4.69) is 16.6 Å². The second-order valence-electron chi connectivity index (χ2n) is 4.99. The van der Waals surface area contributed by atoms with Crippen molar-refractivity contribution in [3.8, 4) is 23.3 Å². The third-order valence-corrected chi connectivity index (χ3v) is 4.75. The zero-order chi connectivity index (χ0) is 17.6. The average molecular weight is 345 g/mol. The third-order valence-electron chi connectivity index (χ3n) is 3.35. The van der Waals surface area contributed by atoms with Crippen molar-refractivity contribution in [2.24, 2.45) is 0 Å². The maximum Gasteiger partial charge on any atom is 0.241 e. The van der Waals surface area contributed by atoms with Gasteiger partial charge in [0, 0.05) is 5.56 Å². The number of sulfonamides is 1. The van der Waals surface area contributed by atoms with E-state index in [4.69, 9.17) is 9.47 Å². The molecule has 0 atom stereocenters. The molecule has 2 aromatic carbocycles. The quantitative estimate of drug-likeness (QED) is 0.845. The second-order valence-corrected chi connectivity index (χ2v) is 6.75. The fourth-order valence-corrected chi connectivity index (χ4v) is 3.06. The lowest BCUT2D eigenvalue weighted by atomic mass is 10.2. The first-order valence-corrected chi connectivity index (χ1v) is 8.72. The number of hydrogen-bond donors (Lipinski definition) is 1. The van der Waals surface area contributed by atoms with Gasteiger partial charge in [-0.05, 0) is 55.0 Å². The monoisotopic (exact) mass is 345 g/mol. The third kappa shape index (κ3) is 4.51. The highest BCUT2D eigenvalue weighted by atomic mass is 32.2. The van der Waals surface area contributed by atoms with Gasteiger partial charge < -0.3 is 9.47 Å². The van der Waals surface area contributed by atoms with Crippen molar-refractivity contribution in [2.75, 3.05) is 20.8 Å². The van der Waals surface area contributed by atoms with E-state index < -0.39 is 10.0 Å². The van der Waals surface area contributed by atoms with Gasteiger partial charge in [0.05, 0.1) is 25.7 Å². The van der Waals surface area contributed by atoms with Crippen molar-refractivity contribution < 1.29 is 17.9 Å². The van der Waals surface area contributed by atoms with Gasteiger partial charge in [-0.1, -0.05) is 11.8 Å². The zero-order valence-corrected chi connectivity index (χ0v) is 14.6. The summed E-state index contributed by atoms with van der Waals surface area (Å²) in [5.74, 6) is 7.09. The molecule has 0 amide bonds. The van der Waals surface area contributed by atoms with Crippen molar-refractivity contribution in [3.05, 3.63) is 53.6 Å². The number of aryl methyl sites for hydroxylation is 1. The van der Waals surface area contributed by atoms with E-state index in [1.807, 2.05) is 12.1 Å². The number of rotatable bonds is 5. The molecule has 0 saturated heterocycles. The molecule has 0 aliphatic heterocycles. The normalized spacial score (nSPS) is 10.6. The van der Waals surface area contributed by atoms with Crippen LogP contribution in [0.5, 0.6) is 11.5 Å². The van der Waals surface area contributed by atoms with Crippen molar-refractivity contribution in [1.29, 1.82) is 0 Å². The molecule has 2 rings (SSSR count). The smallest absolute Gasteiger partial charge is 0.241 e. The maximum atomic E-state index is 12.2. The van der Waals surface area contributed by atoms with E-state index >= 15 is 0 Å². The van der Waals surface area contributed by atoms with Crippen LogP contribution in [0.15, 0.2) is 47.4 Å². The topological polar surface area (TPSA) is 64.6 Å². The van der Waals surface area contributed by atoms with E-state index in [0.29, 0.717) is 5.75 Å². The SMILES string of the molecule is COc1ccc(C#CCNS(=O)(=O)c2ccc(OC)c(C)c2)cc1. The Kier molecular flexibility index (Phi) is 5.85. The largest absolute Gasteiger partial charge is 0.497 e. The van der Waals surface area contributed by atoms with Crippen LogP contribution in [0.25, 0.3) is 0 Å². The van der Waals surface area contributed by atoms with E-state index in [0.717, 1.165) is 16.9 Å². The van der Waals surface area contributed by atoms with Crippen LogP contribution in [-0.4, -0.2) is 29.2 Å². The predicted octanol–water partition coefficient (Wildman–Crippen LogP) is 2.34. The standard InChI is InChI=1S/C18H19NO4S/c1-14-13-17(10-11-18(14)23-3)24(20,21)19-12-4-5-15-6-8-16(22-2)9-7-15/h6-11,13,19H,12H2,1-3H3. The summed E-state index contributed by atoms with van der Waals surface area (Å²) in [5, 5.41) is 0. The Hall–Kier alpha value is -2.49. The lowest BCUT2D eigenvalue weighted by molar-refractivity contribution is 0.411. The average Bonchev–Trinajstić information content (AvgIpc) is 2.59. The summed E-state index contributed by atoms with van der Waals surface area (Å²) in [7, 11) is -0.462. The minimum atomic E-state index is -3.60. The van der Waals surface area contributed by atoms with Crippen LogP contribution in [0.4, 0.5) is 0 Å². The molecule has 126 valence electrons. The van der Waals surface area contributed by atoms with Crippen molar-refractivity contribution in [1.82, 2.24) is 4.72 Å². The molecule has 0 fully saturated rings. The van der Waals surface area contributed by atoms with Crippen LogP contribution < -0.4 is 14.2 Å². The van der Waals surface area contributed by atoms with Gasteiger partial charge in [-0.3, -0.25) is 0 Å². The molecule has 5 nitrogen and oxygen atoms in total. The van der Waals surface area contributed by atoms with E-state index in [-0.39, 0.29) is 11.4 Å². The number of benzene rings is 2. The summed E-state index contributed by atoms with van der Waals surface area (Å²) in [6, 6.07) is 11.9. The lowest BCUT2D eigenvalue weighted by Crippen LogP contribution is -2.24. The molecule has 0 aliphatic rings. The van der Waals surface area contributed by atoms with Crippen LogP contribution in [0.3, 0.4) is 0 Å². The van der Waals surface area contributed by atoms with Crippen LogP contribution in [0.1, 0.15) is 11.1 Å².